The number of carbonyl (C=O) groups is 1. The zero-order valence-electron chi connectivity index (χ0n) is 12.2. The fourth-order valence-corrected chi connectivity index (χ4v) is 2.55. The summed E-state index contributed by atoms with van der Waals surface area (Å²) in [6.07, 6.45) is 1.17. The van der Waals surface area contributed by atoms with Crippen molar-refractivity contribution in [3.05, 3.63) is 17.0 Å². The number of aliphatic hydroxyl groups is 1. The van der Waals surface area contributed by atoms with Crippen LogP contribution in [0.15, 0.2) is 0 Å². The van der Waals surface area contributed by atoms with Crippen LogP contribution in [0.5, 0.6) is 0 Å². The maximum atomic E-state index is 12.3. The lowest BCUT2D eigenvalue weighted by molar-refractivity contribution is -0.131. The number of carbonyl (C=O) groups excluding carboxylic acids is 1. The normalized spacial score (nSPS) is 19.9. The highest BCUT2D eigenvalue weighted by Gasteiger charge is 2.22. The number of aromatic amines is 1. The smallest absolute Gasteiger partial charge is 0.222 e. The molecule has 0 saturated carbocycles. The molecule has 1 atom stereocenters. The molecule has 20 heavy (non-hydrogen) atoms. The van der Waals surface area contributed by atoms with Gasteiger partial charge in [-0.05, 0) is 25.8 Å². The molecular formula is C14H23N3O3. The molecule has 1 amide bonds. The molecule has 1 aliphatic heterocycles. The number of aromatic nitrogens is 2. The Morgan fingerprint density at radius 2 is 2.35 bits per heavy atom. The first-order valence-electron chi connectivity index (χ1n) is 7.08. The van der Waals surface area contributed by atoms with Gasteiger partial charge in [0.15, 0.2) is 0 Å². The number of aryl methyl sites for hydroxylation is 2. The van der Waals surface area contributed by atoms with Gasteiger partial charge in [-0.15, -0.1) is 0 Å². The Labute approximate surface area is 119 Å². The van der Waals surface area contributed by atoms with Crippen molar-refractivity contribution in [1.29, 1.82) is 0 Å². The molecular weight excluding hydrogens is 258 g/mol. The van der Waals surface area contributed by atoms with Crippen molar-refractivity contribution in [2.24, 2.45) is 5.92 Å². The van der Waals surface area contributed by atoms with Crippen molar-refractivity contribution < 1.29 is 14.6 Å². The van der Waals surface area contributed by atoms with Gasteiger partial charge in [0.25, 0.3) is 0 Å². The van der Waals surface area contributed by atoms with Gasteiger partial charge in [-0.1, -0.05) is 0 Å². The van der Waals surface area contributed by atoms with Crippen molar-refractivity contribution in [2.45, 2.75) is 26.7 Å². The van der Waals surface area contributed by atoms with Crippen molar-refractivity contribution >= 4 is 5.91 Å². The van der Waals surface area contributed by atoms with Crippen LogP contribution in [-0.4, -0.2) is 59.0 Å². The highest BCUT2D eigenvalue weighted by molar-refractivity contribution is 5.76. The van der Waals surface area contributed by atoms with Crippen LogP contribution in [0.4, 0.5) is 0 Å². The minimum absolute atomic E-state index is 0.0267. The number of nitrogens with one attached hydrogen (secondary N) is 1. The van der Waals surface area contributed by atoms with Crippen LogP contribution >= 0.6 is 0 Å². The molecule has 1 aliphatic rings. The molecule has 0 spiro atoms. The number of aliphatic hydroxyl groups excluding tert-OH is 1. The van der Waals surface area contributed by atoms with E-state index in [1.807, 2.05) is 13.8 Å². The van der Waals surface area contributed by atoms with E-state index in [9.17, 15) is 9.90 Å². The third-order valence-electron chi connectivity index (χ3n) is 3.82. The maximum absolute atomic E-state index is 12.3. The highest BCUT2D eigenvalue weighted by atomic mass is 16.5. The molecule has 1 aromatic heterocycles. The number of rotatable bonds is 4. The van der Waals surface area contributed by atoms with Crippen LogP contribution < -0.4 is 0 Å². The molecule has 2 rings (SSSR count). The zero-order chi connectivity index (χ0) is 14.5. The lowest BCUT2D eigenvalue weighted by Gasteiger charge is -2.22. The van der Waals surface area contributed by atoms with E-state index >= 15 is 0 Å². The van der Waals surface area contributed by atoms with E-state index < -0.39 is 0 Å². The SMILES string of the molecule is Cc1n[nH]c(C)c1CCC(=O)N1CCOC[C@H](CO)C1. The highest BCUT2D eigenvalue weighted by Crippen LogP contribution is 2.14. The molecule has 2 N–H and O–H groups in total. The molecule has 1 saturated heterocycles. The summed E-state index contributed by atoms with van der Waals surface area (Å²) in [6, 6.07) is 0. The third kappa shape index (κ3) is 3.58. The first kappa shape index (κ1) is 15.0. The van der Waals surface area contributed by atoms with Gasteiger partial charge in [-0.25, -0.2) is 0 Å². The Bertz CT molecular complexity index is 439. The average Bonchev–Trinajstić information content (AvgIpc) is 2.67. The van der Waals surface area contributed by atoms with Gasteiger partial charge in [0.05, 0.1) is 18.9 Å². The molecule has 6 nitrogen and oxygen atoms in total. The van der Waals surface area contributed by atoms with Gasteiger partial charge < -0.3 is 14.7 Å². The Hall–Kier alpha value is -1.40. The van der Waals surface area contributed by atoms with E-state index in [1.54, 1.807) is 4.90 Å². The Kier molecular flexibility index (Phi) is 5.14. The molecule has 0 aromatic carbocycles. The van der Waals surface area contributed by atoms with Gasteiger partial charge in [0.1, 0.15) is 0 Å². The number of hydrogen-bond acceptors (Lipinski definition) is 4. The van der Waals surface area contributed by atoms with Crippen molar-refractivity contribution in [2.75, 3.05) is 32.9 Å². The van der Waals surface area contributed by atoms with Crippen LogP contribution in [-0.2, 0) is 16.0 Å². The molecule has 1 aromatic rings. The summed E-state index contributed by atoms with van der Waals surface area (Å²) in [6.45, 7) is 6.25. The molecule has 6 heteroatoms. The van der Waals surface area contributed by atoms with E-state index in [0.717, 1.165) is 17.0 Å². The number of ether oxygens (including phenoxy) is 1. The predicted molar refractivity (Wildman–Crippen MR) is 74.4 cm³/mol. The van der Waals surface area contributed by atoms with E-state index in [2.05, 4.69) is 10.2 Å². The van der Waals surface area contributed by atoms with E-state index in [1.165, 1.54) is 0 Å². The quantitative estimate of drug-likeness (QED) is 0.839. The molecule has 0 unspecified atom stereocenters. The first-order valence-corrected chi connectivity index (χ1v) is 7.08. The predicted octanol–water partition coefficient (Wildman–Crippen LogP) is 0.426. The van der Waals surface area contributed by atoms with E-state index in [0.29, 0.717) is 39.1 Å². The molecule has 1 fully saturated rings. The summed E-state index contributed by atoms with van der Waals surface area (Å²) in [4.78, 5) is 14.1. The van der Waals surface area contributed by atoms with Gasteiger partial charge in [0, 0.05) is 37.7 Å². The second kappa shape index (κ2) is 6.85. The number of hydrogen-bond donors (Lipinski definition) is 2. The monoisotopic (exact) mass is 281 g/mol. The van der Waals surface area contributed by atoms with Gasteiger partial charge in [0.2, 0.25) is 5.91 Å². The largest absolute Gasteiger partial charge is 0.396 e. The summed E-state index contributed by atoms with van der Waals surface area (Å²) in [5, 5.41) is 16.3. The van der Waals surface area contributed by atoms with E-state index in [4.69, 9.17) is 4.74 Å². The fourth-order valence-electron chi connectivity index (χ4n) is 2.55. The van der Waals surface area contributed by atoms with Crippen molar-refractivity contribution in [3.8, 4) is 0 Å². The summed E-state index contributed by atoms with van der Waals surface area (Å²) in [5.74, 6) is 0.146. The summed E-state index contributed by atoms with van der Waals surface area (Å²) in [5.41, 5.74) is 3.12. The lowest BCUT2D eigenvalue weighted by atomic mass is 10.1. The minimum atomic E-state index is 0.0267. The Morgan fingerprint density at radius 3 is 3.00 bits per heavy atom. The average molecular weight is 281 g/mol. The Morgan fingerprint density at radius 1 is 1.55 bits per heavy atom. The summed E-state index contributed by atoms with van der Waals surface area (Å²) in [7, 11) is 0. The summed E-state index contributed by atoms with van der Waals surface area (Å²) >= 11 is 0. The van der Waals surface area contributed by atoms with E-state index in [-0.39, 0.29) is 18.4 Å². The second-order valence-electron chi connectivity index (χ2n) is 5.38. The standard InChI is InChI=1S/C14H23N3O3/c1-10-13(11(2)16-15-10)3-4-14(19)17-5-6-20-9-12(7-17)8-18/h12,18H,3-9H2,1-2H3,(H,15,16)/t12-/m0/s1. The van der Waals surface area contributed by atoms with Crippen molar-refractivity contribution in [3.63, 3.8) is 0 Å². The molecule has 112 valence electrons. The van der Waals surface area contributed by atoms with Crippen LogP contribution in [0.25, 0.3) is 0 Å². The zero-order valence-corrected chi connectivity index (χ0v) is 12.2. The second-order valence-corrected chi connectivity index (χ2v) is 5.38. The van der Waals surface area contributed by atoms with Gasteiger partial charge in [-0.3, -0.25) is 9.89 Å². The van der Waals surface area contributed by atoms with Crippen molar-refractivity contribution in [1.82, 2.24) is 15.1 Å². The number of H-pyrrole nitrogens is 1. The lowest BCUT2D eigenvalue weighted by Crippen LogP contribution is -2.36. The molecule has 0 radical (unpaired) electrons. The molecule has 2 heterocycles. The first-order chi connectivity index (χ1) is 9.61. The van der Waals surface area contributed by atoms with Crippen LogP contribution in [0, 0.1) is 19.8 Å². The topological polar surface area (TPSA) is 78.5 Å². The van der Waals surface area contributed by atoms with Gasteiger partial charge >= 0.3 is 0 Å². The Balaban J connectivity index is 1.90. The van der Waals surface area contributed by atoms with Crippen LogP contribution in [0.3, 0.4) is 0 Å². The third-order valence-corrected chi connectivity index (χ3v) is 3.82. The number of nitrogens with zero attached hydrogens (tertiary/aromatic N) is 2. The number of amides is 1. The molecule has 0 bridgehead atoms. The maximum Gasteiger partial charge on any atom is 0.222 e. The minimum Gasteiger partial charge on any atom is -0.396 e. The van der Waals surface area contributed by atoms with Gasteiger partial charge in [-0.2, -0.15) is 5.10 Å². The van der Waals surface area contributed by atoms with Crippen LogP contribution in [0.1, 0.15) is 23.4 Å². The van der Waals surface area contributed by atoms with Crippen LogP contribution in [0.2, 0.25) is 0 Å². The fraction of sp³-hybridized carbons (Fsp3) is 0.714. The molecule has 0 aliphatic carbocycles. The summed E-state index contributed by atoms with van der Waals surface area (Å²) < 4.78 is 5.40.